The normalized spacial score (nSPS) is 11.0. The maximum Gasteiger partial charge on any atom is 0.336 e. The summed E-state index contributed by atoms with van der Waals surface area (Å²) in [6.45, 7) is 0. The van der Waals surface area contributed by atoms with Crippen LogP contribution in [0.4, 0.5) is 0 Å². The van der Waals surface area contributed by atoms with E-state index < -0.39 is 5.97 Å². The molecule has 0 atom stereocenters. The zero-order valence-corrected chi connectivity index (χ0v) is 14.6. The van der Waals surface area contributed by atoms with Crippen LogP contribution >= 0.6 is 0 Å². The summed E-state index contributed by atoms with van der Waals surface area (Å²) in [5.74, 6) is -0.188. The van der Waals surface area contributed by atoms with E-state index in [0.717, 1.165) is 5.56 Å². The first-order chi connectivity index (χ1) is 13.2. The van der Waals surface area contributed by atoms with E-state index in [-0.39, 0.29) is 5.78 Å². The first-order valence-electron chi connectivity index (χ1n) is 8.54. The van der Waals surface area contributed by atoms with Gasteiger partial charge in [0.1, 0.15) is 5.75 Å². The van der Waals surface area contributed by atoms with E-state index in [1.54, 1.807) is 42.5 Å². The molecule has 0 N–H and O–H groups in total. The molecule has 3 aromatic rings. The molecule has 0 radical (unpaired) electrons. The van der Waals surface area contributed by atoms with Gasteiger partial charge < -0.3 is 4.74 Å². The number of rotatable bonds is 6. The van der Waals surface area contributed by atoms with Crippen LogP contribution in [0.15, 0.2) is 97.1 Å². The molecule has 0 aliphatic heterocycles. The minimum atomic E-state index is -0.478. The van der Waals surface area contributed by atoms with Crippen LogP contribution in [-0.2, 0) is 4.79 Å². The Labute approximate surface area is 158 Å². The lowest BCUT2D eigenvalue weighted by atomic mass is 10.1. The summed E-state index contributed by atoms with van der Waals surface area (Å²) in [6, 6.07) is 25.6. The van der Waals surface area contributed by atoms with E-state index in [1.807, 2.05) is 54.6 Å². The van der Waals surface area contributed by atoms with Crippen molar-refractivity contribution in [3.8, 4) is 5.75 Å². The Balaban J connectivity index is 1.70. The number of ether oxygens (including phenoxy) is 1. The second-order valence-electron chi connectivity index (χ2n) is 5.77. The fourth-order valence-corrected chi connectivity index (χ4v) is 2.45. The zero-order valence-electron chi connectivity index (χ0n) is 14.6. The van der Waals surface area contributed by atoms with E-state index in [0.29, 0.717) is 16.9 Å². The average molecular weight is 354 g/mol. The van der Waals surface area contributed by atoms with E-state index in [9.17, 15) is 9.59 Å². The quantitative estimate of drug-likeness (QED) is 0.264. The van der Waals surface area contributed by atoms with Crippen molar-refractivity contribution in [1.29, 1.82) is 0 Å². The number of allylic oxidation sites excluding steroid dienone is 1. The number of hydrogen-bond acceptors (Lipinski definition) is 3. The van der Waals surface area contributed by atoms with Crippen molar-refractivity contribution in [2.24, 2.45) is 0 Å². The molecule has 0 saturated heterocycles. The monoisotopic (exact) mass is 354 g/mol. The number of esters is 1. The van der Waals surface area contributed by atoms with Gasteiger partial charge in [-0.15, -0.1) is 0 Å². The van der Waals surface area contributed by atoms with Crippen molar-refractivity contribution in [2.45, 2.75) is 0 Å². The van der Waals surface area contributed by atoms with Gasteiger partial charge in [0.05, 0.1) is 0 Å². The molecule has 0 saturated carbocycles. The van der Waals surface area contributed by atoms with Crippen LogP contribution in [0, 0.1) is 0 Å². The summed E-state index contributed by atoms with van der Waals surface area (Å²) in [6.07, 6.45) is 6.20. The summed E-state index contributed by atoms with van der Waals surface area (Å²) in [5, 5.41) is 0. The molecule has 3 aromatic carbocycles. The Morgan fingerprint density at radius 1 is 0.667 bits per heavy atom. The molecular formula is C24H18O3. The number of ketones is 1. The molecule has 132 valence electrons. The summed E-state index contributed by atoms with van der Waals surface area (Å²) >= 11 is 0. The average Bonchev–Trinajstić information content (AvgIpc) is 2.73. The van der Waals surface area contributed by atoms with E-state index in [4.69, 9.17) is 4.74 Å². The molecule has 0 heterocycles. The molecule has 3 heteroatoms. The highest BCUT2D eigenvalue weighted by molar-refractivity contribution is 6.07. The van der Waals surface area contributed by atoms with Gasteiger partial charge in [0.2, 0.25) is 0 Å². The van der Waals surface area contributed by atoms with Crippen LogP contribution in [-0.4, -0.2) is 11.8 Å². The molecule has 0 bridgehead atoms. The van der Waals surface area contributed by atoms with Crippen LogP contribution in [0.3, 0.4) is 0 Å². The molecule has 0 aliphatic carbocycles. The van der Waals surface area contributed by atoms with Gasteiger partial charge in [0.25, 0.3) is 0 Å². The topological polar surface area (TPSA) is 43.4 Å². The summed E-state index contributed by atoms with van der Waals surface area (Å²) in [5.41, 5.74) is 2.17. The van der Waals surface area contributed by atoms with Gasteiger partial charge in [0.15, 0.2) is 5.78 Å². The fraction of sp³-hybridized carbons (Fsp3) is 0. The van der Waals surface area contributed by atoms with Crippen LogP contribution in [0.1, 0.15) is 21.5 Å². The van der Waals surface area contributed by atoms with Crippen LogP contribution in [0.5, 0.6) is 5.75 Å². The first kappa shape index (κ1) is 18.1. The van der Waals surface area contributed by atoms with Crippen molar-refractivity contribution in [2.75, 3.05) is 0 Å². The van der Waals surface area contributed by atoms with Crippen LogP contribution in [0.2, 0.25) is 0 Å². The van der Waals surface area contributed by atoms with E-state index >= 15 is 0 Å². The fourth-order valence-electron chi connectivity index (χ4n) is 2.45. The molecule has 0 amide bonds. The third-order valence-corrected chi connectivity index (χ3v) is 3.81. The van der Waals surface area contributed by atoms with Crippen molar-refractivity contribution in [3.63, 3.8) is 0 Å². The maximum absolute atomic E-state index is 12.2. The predicted molar refractivity (Wildman–Crippen MR) is 107 cm³/mol. The van der Waals surface area contributed by atoms with Gasteiger partial charge in [-0.25, -0.2) is 4.79 Å². The lowest BCUT2D eigenvalue weighted by Gasteiger charge is -2.05. The molecule has 0 unspecified atom stereocenters. The highest BCUT2D eigenvalue weighted by Crippen LogP contribution is 2.20. The SMILES string of the molecule is O=C(C=Cc1ccccc1)Oc1ccccc1C=CC(=O)c1ccccc1. The Kier molecular flexibility index (Phi) is 6.10. The van der Waals surface area contributed by atoms with Crippen molar-refractivity contribution < 1.29 is 14.3 Å². The Morgan fingerprint density at radius 3 is 2.04 bits per heavy atom. The van der Waals surface area contributed by atoms with Gasteiger partial charge >= 0.3 is 5.97 Å². The first-order valence-corrected chi connectivity index (χ1v) is 8.54. The summed E-state index contributed by atoms with van der Waals surface area (Å²) < 4.78 is 5.42. The molecule has 0 aliphatic rings. The van der Waals surface area contributed by atoms with Gasteiger partial charge in [-0.1, -0.05) is 78.9 Å². The summed E-state index contributed by atoms with van der Waals surface area (Å²) in [4.78, 5) is 24.3. The Bertz CT molecular complexity index is 971. The Hall–Kier alpha value is -3.72. The predicted octanol–water partition coefficient (Wildman–Crippen LogP) is 5.20. The number of carbonyl (C=O) groups is 2. The largest absolute Gasteiger partial charge is 0.423 e. The lowest BCUT2D eigenvalue weighted by molar-refractivity contribution is -0.128. The van der Waals surface area contributed by atoms with E-state index in [2.05, 4.69) is 0 Å². The third-order valence-electron chi connectivity index (χ3n) is 3.81. The highest BCUT2D eigenvalue weighted by Gasteiger charge is 2.06. The van der Waals surface area contributed by atoms with Gasteiger partial charge in [-0.2, -0.15) is 0 Å². The van der Waals surface area contributed by atoms with Crippen molar-refractivity contribution in [3.05, 3.63) is 114 Å². The van der Waals surface area contributed by atoms with Crippen molar-refractivity contribution >= 4 is 23.9 Å². The third kappa shape index (κ3) is 5.38. The van der Waals surface area contributed by atoms with Crippen LogP contribution in [0.25, 0.3) is 12.2 Å². The Morgan fingerprint density at radius 2 is 1.30 bits per heavy atom. The minimum absolute atomic E-state index is 0.110. The molecule has 0 spiro atoms. The molecular weight excluding hydrogens is 336 g/mol. The maximum atomic E-state index is 12.2. The summed E-state index contributed by atoms with van der Waals surface area (Å²) in [7, 11) is 0. The smallest absolute Gasteiger partial charge is 0.336 e. The molecule has 0 aromatic heterocycles. The number of para-hydroxylation sites is 1. The van der Waals surface area contributed by atoms with Crippen LogP contribution < -0.4 is 4.74 Å². The molecule has 27 heavy (non-hydrogen) atoms. The lowest BCUT2D eigenvalue weighted by Crippen LogP contribution is -2.04. The van der Waals surface area contributed by atoms with Crippen molar-refractivity contribution in [1.82, 2.24) is 0 Å². The van der Waals surface area contributed by atoms with Gasteiger partial charge in [-0.05, 0) is 29.9 Å². The number of benzene rings is 3. The highest BCUT2D eigenvalue weighted by atomic mass is 16.5. The second kappa shape index (κ2) is 9.11. The minimum Gasteiger partial charge on any atom is -0.423 e. The molecule has 3 nitrogen and oxygen atoms in total. The van der Waals surface area contributed by atoms with Gasteiger partial charge in [-0.3, -0.25) is 4.79 Å². The number of carbonyl (C=O) groups excluding carboxylic acids is 2. The zero-order chi connectivity index (χ0) is 18.9. The van der Waals surface area contributed by atoms with E-state index in [1.165, 1.54) is 12.2 Å². The molecule has 0 fully saturated rings. The number of hydrogen-bond donors (Lipinski definition) is 0. The second-order valence-corrected chi connectivity index (χ2v) is 5.77. The van der Waals surface area contributed by atoms with Gasteiger partial charge in [0, 0.05) is 17.2 Å². The standard InChI is InChI=1S/C24H18O3/c25-22(20-11-5-2-6-12-20)17-16-21-13-7-8-14-23(21)27-24(26)18-15-19-9-3-1-4-10-19/h1-18H. The molecule has 3 rings (SSSR count).